The molecule has 3 rings (SSSR count). The van der Waals surface area contributed by atoms with Gasteiger partial charge in [-0.25, -0.2) is 4.98 Å². The first-order valence-electron chi connectivity index (χ1n) is 8.89. The molecule has 29 heavy (non-hydrogen) atoms. The maximum Gasteiger partial charge on any atom is 0.262 e. The van der Waals surface area contributed by atoms with Crippen molar-refractivity contribution in [3.05, 3.63) is 56.2 Å². The molecule has 3 aromatic rings. The number of hydrogen-bond acceptors (Lipinski definition) is 5. The smallest absolute Gasteiger partial charge is 0.262 e. The van der Waals surface area contributed by atoms with Crippen LogP contribution in [0.15, 0.2) is 50.8 Å². The first-order valence-corrected chi connectivity index (χ1v) is 11.0. The monoisotopic (exact) mass is 495 g/mol. The number of halogens is 2. The molecule has 0 bridgehead atoms. The molecule has 9 heteroatoms. The molecule has 0 saturated heterocycles. The van der Waals surface area contributed by atoms with Crippen LogP contribution in [-0.2, 0) is 11.3 Å². The fourth-order valence-corrected chi connectivity index (χ4v) is 4.22. The van der Waals surface area contributed by atoms with Crippen LogP contribution < -0.4 is 15.6 Å². The number of anilines is 1. The van der Waals surface area contributed by atoms with Crippen LogP contribution in [0.2, 0.25) is 5.02 Å². The summed E-state index contributed by atoms with van der Waals surface area (Å²) < 4.78 is 7.55. The number of carbonyl (C=O) groups is 1. The Hall–Kier alpha value is -2.03. The fourth-order valence-electron chi connectivity index (χ4n) is 2.78. The molecule has 0 atom stereocenters. The van der Waals surface area contributed by atoms with E-state index in [4.69, 9.17) is 16.3 Å². The first kappa shape index (κ1) is 21.7. The number of ether oxygens (including phenoxy) is 1. The Labute approximate surface area is 185 Å². The van der Waals surface area contributed by atoms with Gasteiger partial charge < -0.3 is 10.1 Å². The normalized spacial score (nSPS) is 10.9. The SMILES string of the molecule is CCCn1c(SCC(=O)Nc2ccc(OC)c(Cl)c2)nc2ccc(Br)cc2c1=O. The second-order valence-electron chi connectivity index (χ2n) is 6.20. The number of amides is 1. The molecule has 1 heterocycles. The highest BCUT2D eigenvalue weighted by Crippen LogP contribution is 2.27. The van der Waals surface area contributed by atoms with Crippen molar-refractivity contribution in [3.63, 3.8) is 0 Å². The number of methoxy groups -OCH3 is 1. The Morgan fingerprint density at radius 3 is 2.79 bits per heavy atom. The average Bonchev–Trinajstić information content (AvgIpc) is 2.69. The molecular weight excluding hydrogens is 478 g/mol. The van der Waals surface area contributed by atoms with Gasteiger partial charge in [0.2, 0.25) is 5.91 Å². The topological polar surface area (TPSA) is 73.2 Å². The van der Waals surface area contributed by atoms with Gasteiger partial charge in [-0.1, -0.05) is 46.2 Å². The van der Waals surface area contributed by atoms with E-state index in [2.05, 4.69) is 26.2 Å². The molecule has 0 aliphatic heterocycles. The number of hydrogen-bond donors (Lipinski definition) is 1. The summed E-state index contributed by atoms with van der Waals surface area (Å²) >= 11 is 10.7. The molecule has 0 fully saturated rings. The van der Waals surface area contributed by atoms with Gasteiger partial charge in [-0.15, -0.1) is 0 Å². The van der Waals surface area contributed by atoms with Crippen molar-refractivity contribution in [2.24, 2.45) is 0 Å². The second kappa shape index (κ2) is 9.65. The summed E-state index contributed by atoms with van der Waals surface area (Å²) in [6, 6.07) is 10.4. The minimum atomic E-state index is -0.218. The summed E-state index contributed by atoms with van der Waals surface area (Å²) in [5, 5.41) is 4.28. The molecule has 1 amide bonds. The summed E-state index contributed by atoms with van der Waals surface area (Å²) in [6.07, 6.45) is 0.783. The predicted octanol–water partition coefficient (Wildman–Crippen LogP) is 4.96. The Morgan fingerprint density at radius 2 is 2.10 bits per heavy atom. The van der Waals surface area contributed by atoms with Crippen LogP contribution in [0.4, 0.5) is 5.69 Å². The Morgan fingerprint density at radius 1 is 1.31 bits per heavy atom. The van der Waals surface area contributed by atoms with E-state index >= 15 is 0 Å². The van der Waals surface area contributed by atoms with E-state index in [0.717, 1.165) is 10.9 Å². The summed E-state index contributed by atoms with van der Waals surface area (Å²) in [6.45, 7) is 2.53. The lowest BCUT2D eigenvalue weighted by Gasteiger charge is -2.13. The molecule has 0 radical (unpaired) electrons. The molecule has 1 aromatic heterocycles. The fraction of sp³-hybridized carbons (Fsp3) is 0.250. The lowest BCUT2D eigenvalue weighted by Crippen LogP contribution is -2.24. The zero-order chi connectivity index (χ0) is 21.0. The molecule has 0 saturated carbocycles. The number of fused-ring (bicyclic) bond motifs is 1. The van der Waals surface area contributed by atoms with E-state index < -0.39 is 0 Å². The first-order chi connectivity index (χ1) is 13.9. The van der Waals surface area contributed by atoms with Gasteiger partial charge in [0.1, 0.15) is 5.75 Å². The van der Waals surface area contributed by atoms with Crippen LogP contribution in [0.3, 0.4) is 0 Å². The minimum absolute atomic E-state index is 0.108. The largest absolute Gasteiger partial charge is 0.495 e. The third-order valence-corrected chi connectivity index (χ3v) is 5.86. The van der Waals surface area contributed by atoms with E-state index in [1.54, 1.807) is 34.9 Å². The number of aromatic nitrogens is 2. The van der Waals surface area contributed by atoms with Crippen molar-refractivity contribution >= 4 is 61.8 Å². The summed E-state index contributed by atoms with van der Waals surface area (Å²) in [5.74, 6) is 0.432. The molecule has 152 valence electrons. The van der Waals surface area contributed by atoms with Crippen molar-refractivity contribution in [1.82, 2.24) is 9.55 Å². The van der Waals surface area contributed by atoms with Gasteiger partial charge in [-0.05, 0) is 42.8 Å². The quantitative estimate of drug-likeness (QED) is 0.370. The van der Waals surface area contributed by atoms with Crippen molar-refractivity contribution in [1.29, 1.82) is 0 Å². The van der Waals surface area contributed by atoms with Crippen molar-refractivity contribution < 1.29 is 9.53 Å². The highest BCUT2D eigenvalue weighted by molar-refractivity contribution is 9.10. The van der Waals surface area contributed by atoms with E-state index in [1.165, 1.54) is 18.9 Å². The summed E-state index contributed by atoms with van der Waals surface area (Å²) in [4.78, 5) is 29.9. The van der Waals surface area contributed by atoms with Gasteiger partial charge in [0.15, 0.2) is 5.16 Å². The maximum absolute atomic E-state index is 12.9. The Balaban J connectivity index is 1.79. The number of thioether (sulfide) groups is 1. The molecule has 1 N–H and O–H groups in total. The standard InChI is InChI=1S/C20H19BrClN3O3S/c1-3-8-25-19(27)14-9-12(21)4-6-16(14)24-20(25)29-11-18(26)23-13-5-7-17(28-2)15(22)10-13/h4-7,9-10H,3,8,11H2,1-2H3,(H,23,26). The van der Waals surface area contributed by atoms with E-state index in [-0.39, 0.29) is 17.2 Å². The van der Waals surface area contributed by atoms with Gasteiger partial charge in [0, 0.05) is 16.7 Å². The number of nitrogens with zero attached hydrogens (tertiary/aromatic N) is 2. The van der Waals surface area contributed by atoms with Gasteiger partial charge in [0.05, 0.1) is 28.8 Å². The summed E-state index contributed by atoms with van der Waals surface area (Å²) in [7, 11) is 1.53. The van der Waals surface area contributed by atoms with E-state index in [9.17, 15) is 9.59 Å². The molecular formula is C20H19BrClN3O3S. The van der Waals surface area contributed by atoms with Crippen LogP contribution in [-0.4, -0.2) is 28.3 Å². The zero-order valence-corrected chi connectivity index (χ0v) is 19.0. The van der Waals surface area contributed by atoms with Gasteiger partial charge in [-0.3, -0.25) is 14.2 Å². The van der Waals surface area contributed by atoms with Crippen molar-refractivity contribution in [2.75, 3.05) is 18.2 Å². The lowest BCUT2D eigenvalue weighted by atomic mass is 10.2. The number of rotatable bonds is 7. The summed E-state index contributed by atoms with van der Waals surface area (Å²) in [5.41, 5.74) is 1.07. The molecule has 0 aliphatic rings. The molecule has 2 aromatic carbocycles. The molecule has 0 spiro atoms. The minimum Gasteiger partial charge on any atom is -0.495 e. The van der Waals surface area contributed by atoms with Crippen LogP contribution >= 0.6 is 39.3 Å². The average molecular weight is 497 g/mol. The van der Waals surface area contributed by atoms with Crippen LogP contribution in [0, 0.1) is 0 Å². The van der Waals surface area contributed by atoms with Crippen molar-refractivity contribution in [3.8, 4) is 5.75 Å². The van der Waals surface area contributed by atoms with Gasteiger partial charge in [-0.2, -0.15) is 0 Å². The third-order valence-electron chi connectivity index (χ3n) is 4.10. The third kappa shape index (κ3) is 5.12. The molecule has 0 unspecified atom stereocenters. The van der Waals surface area contributed by atoms with E-state index in [0.29, 0.717) is 39.1 Å². The number of nitrogens with one attached hydrogen (secondary N) is 1. The van der Waals surface area contributed by atoms with Crippen LogP contribution in [0.25, 0.3) is 10.9 Å². The maximum atomic E-state index is 12.9. The highest BCUT2D eigenvalue weighted by atomic mass is 79.9. The van der Waals surface area contributed by atoms with Crippen LogP contribution in [0.1, 0.15) is 13.3 Å². The Bertz CT molecular complexity index is 1120. The van der Waals surface area contributed by atoms with Crippen molar-refractivity contribution in [2.45, 2.75) is 25.0 Å². The van der Waals surface area contributed by atoms with Crippen LogP contribution in [0.5, 0.6) is 5.75 Å². The zero-order valence-electron chi connectivity index (χ0n) is 15.9. The number of benzene rings is 2. The van der Waals surface area contributed by atoms with Gasteiger partial charge >= 0.3 is 0 Å². The highest BCUT2D eigenvalue weighted by Gasteiger charge is 2.14. The van der Waals surface area contributed by atoms with E-state index in [1.807, 2.05) is 13.0 Å². The van der Waals surface area contributed by atoms with Gasteiger partial charge in [0.25, 0.3) is 5.56 Å². The molecule has 6 nitrogen and oxygen atoms in total. The number of carbonyl (C=O) groups excluding carboxylic acids is 1. The Kier molecular flexibility index (Phi) is 7.21. The second-order valence-corrected chi connectivity index (χ2v) is 8.46. The lowest BCUT2D eigenvalue weighted by molar-refractivity contribution is -0.113. The predicted molar refractivity (Wildman–Crippen MR) is 121 cm³/mol. The molecule has 0 aliphatic carbocycles.